The molecule has 0 aliphatic rings. The Morgan fingerprint density at radius 3 is 2.36 bits per heavy atom. The number of nitrogens with zero attached hydrogens (tertiary/aromatic N) is 2. The SMILES string of the molecule is CN=C(NCC(=O)OC(C)(C)C)N(C)Cc1ccc(OC(F)F)cc1. The zero-order valence-corrected chi connectivity index (χ0v) is 15.2. The highest BCUT2D eigenvalue weighted by molar-refractivity contribution is 5.84. The van der Waals surface area contributed by atoms with E-state index in [2.05, 4.69) is 15.0 Å². The van der Waals surface area contributed by atoms with Crippen LogP contribution in [0.25, 0.3) is 0 Å². The normalized spacial score (nSPS) is 12.1. The van der Waals surface area contributed by atoms with Gasteiger partial charge in [-0.15, -0.1) is 0 Å². The predicted molar refractivity (Wildman–Crippen MR) is 91.7 cm³/mol. The molecule has 0 radical (unpaired) electrons. The Morgan fingerprint density at radius 1 is 1.28 bits per heavy atom. The molecule has 1 aromatic rings. The van der Waals surface area contributed by atoms with Crippen LogP contribution in [0.4, 0.5) is 8.78 Å². The lowest BCUT2D eigenvalue weighted by Gasteiger charge is -2.23. The summed E-state index contributed by atoms with van der Waals surface area (Å²) in [5, 5.41) is 2.93. The molecule has 140 valence electrons. The van der Waals surface area contributed by atoms with Crippen LogP contribution in [0.15, 0.2) is 29.3 Å². The fourth-order valence-electron chi connectivity index (χ4n) is 2.04. The number of hydrogen-bond acceptors (Lipinski definition) is 4. The molecule has 1 N–H and O–H groups in total. The second-order valence-electron chi connectivity index (χ2n) is 6.37. The number of esters is 1. The zero-order valence-electron chi connectivity index (χ0n) is 15.2. The highest BCUT2D eigenvalue weighted by atomic mass is 19.3. The number of aliphatic imine (C=N–C) groups is 1. The molecule has 0 unspecified atom stereocenters. The average molecular weight is 357 g/mol. The van der Waals surface area contributed by atoms with Crippen molar-refractivity contribution in [2.24, 2.45) is 4.99 Å². The third kappa shape index (κ3) is 8.32. The molecule has 0 aliphatic heterocycles. The van der Waals surface area contributed by atoms with Gasteiger partial charge in [0.15, 0.2) is 5.96 Å². The molecule has 1 rings (SSSR count). The monoisotopic (exact) mass is 357 g/mol. The third-order valence-corrected chi connectivity index (χ3v) is 2.95. The molecular weight excluding hydrogens is 332 g/mol. The van der Waals surface area contributed by atoms with Gasteiger partial charge in [0, 0.05) is 20.6 Å². The summed E-state index contributed by atoms with van der Waals surface area (Å²) in [6.45, 7) is 3.02. The van der Waals surface area contributed by atoms with Crippen LogP contribution in [0.1, 0.15) is 26.3 Å². The standard InChI is InChI=1S/C17H25F2N3O3/c1-17(2,3)25-14(23)10-21-16(20-4)22(5)11-12-6-8-13(9-7-12)24-15(18)19/h6-9,15H,10-11H2,1-5H3,(H,20,21). The van der Waals surface area contributed by atoms with Crippen molar-refractivity contribution < 1.29 is 23.0 Å². The van der Waals surface area contributed by atoms with Crippen LogP contribution >= 0.6 is 0 Å². The van der Waals surface area contributed by atoms with Crippen molar-refractivity contribution in [1.29, 1.82) is 0 Å². The minimum atomic E-state index is -2.84. The molecule has 0 aliphatic carbocycles. The van der Waals surface area contributed by atoms with Gasteiger partial charge in [0.2, 0.25) is 0 Å². The third-order valence-electron chi connectivity index (χ3n) is 2.95. The number of nitrogens with one attached hydrogen (secondary N) is 1. The Kier molecular flexibility index (Phi) is 7.60. The van der Waals surface area contributed by atoms with E-state index in [9.17, 15) is 13.6 Å². The Bertz CT molecular complexity index is 584. The van der Waals surface area contributed by atoms with Crippen LogP contribution < -0.4 is 10.1 Å². The van der Waals surface area contributed by atoms with E-state index in [-0.39, 0.29) is 18.3 Å². The quantitative estimate of drug-likeness (QED) is 0.482. The van der Waals surface area contributed by atoms with E-state index < -0.39 is 12.2 Å². The van der Waals surface area contributed by atoms with E-state index in [1.165, 1.54) is 12.1 Å². The topological polar surface area (TPSA) is 63.2 Å². The summed E-state index contributed by atoms with van der Waals surface area (Å²) in [5.74, 6) is 0.239. The lowest BCUT2D eigenvalue weighted by atomic mass is 10.2. The van der Waals surface area contributed by atoms with Crippen molar-refractivity contribution >= 4 is 11.9 Å². The molecule has 0 atom stereocenters. The summed E-state index contributed by atoms with van der Waals surface area (Å²) >= 11 is 0. The number of benzene rings is 1. The Hall–Kier alpha value is -2.38. The fourth-order valence-corrected chi connectivity index (χ4v) is 2.04. The molecule has 1 aromatic carbocycles. The first kappa shape index (κ1) is 20.7. The maximum Gasteiger partial charge on any atom is 0.387 e. The van der Waals surface area contributed by atoms with E-state index in [4.69, 9.17) is 4.74 Å². The molecule has 0 amide bonds. The molecular formula is C17H25F2N3O3. The fraction of sp³-hybridized carbons (Fsp3) is 0.529. The maximum absolute atomic E-state index is 12.1. The van der Waals surface area contributed by atoms with Crippen LogP contribution in [0.2, 0.25) is 0 Å². The minimum Gasteiger partial charge on any atom is -0.459 e. The largest absolute Gasteiger partial charge is 0.459 e. The summed E-state index contributed by atoms with van der Waals surface area (Å²) in [6, 6.07) is 6.34. The highest BCUT2D eigenvalue weighted by Gasteiger charge is 2.17. The van der Waals surface area contributed by atoms with Gasteiger partial charge in [-0.05, 0) is 38.5 Å². The summed E-state index contributed by atoms with van der Waals surface area (Å²) in [6.07, 6.45) is 0. The van der Waals surface area contributed by atoms with E-state index in [0.29, 0.717) is 12.5 Å². The minimum absolute atomic E-state index is 0.00451. The molecule has 0 saturated heterocycles. The molecule has 0 spiro atoms. The zero-order chi connectivity index (χ0) is 19.0. The van der Waals surface area contributed by atoms with Crippen LogP contribution in [-0.4, -0.2) is 49.7 Å². The van der Waals surface area contributed by atoms with Gasteiger partial charge in [0.25, 0.3) is 0 Å². The van der Waals surface area contributed by atoms with E-state index >= 15 is 0 Å². The number of carbonyl (C=O) groups excluding carboxylic acids is 1. The molecule has 0 aromatic heterocycles. The van der Waals surface area contributed by atoms with Gasteiger partial charge in [0.05, 0.1) is 0 Å². The van der Waals surface area contributed by atoms with E-state index in [1.54, 1.807) is 51.9 Å². The van der Waals surface area contributed by atoms with Gasteiger partial charge in [-0.25, -0.2) is 0 Å². The number of hydrogen-bond donors (Lipinski definition) is 1. The highest BCUT2D eigenvalue weighted by Crippen LogP contribution is 2.15. The number of guanidine groups is 1. The van der Waals surface area contributed by atoms with Gasteiger partial charge >= 0.3 is 12.6 Å². The first-order valence-electron chi connectivity index (χ1n) is 7.78. The van der Waals surface area contributed by atoms with Crippen LogP contribution in [0, 0.1) is 0 Å². The molecule has 0 bridgehead atoms. The van der Waals surface area contributed by atoms with Gasteiger partial charge in [-0.2, -0.15) is 8.78 Å². The van der Waals surface area contributed by atoms with Crippen LogP contribution in [0.3, 0.4) is 0 Å². The first-order chi connectivity index (χ1) is 11.6. The summed E-state index contributed by atoms with van der Waals surface area (Å²) in [5.41, 5.74) is 0.334. The second-order valence-corrected chi connectivity index (χ2v) is 6.37. The number of rotatable bonds is 6. The van der Waals surface area contributed by atoms with E-state index in [0.717, 1.165) is 5.56 Å². The molecule has 25 heavy (non-hydrogen) atoms. The Morgan fingerprint density at radius 2 is 1.88 bits per heavy atom. The number of alkyl halides is 2. The summed E-state index contributed by atoms with van der Waals surface area (Å²) < 4.78 is 33.8. The van der Waals surface area contributed by atoms with Crippen molar-refractivity contribution in [1.82, 2.24) is 10.2 Å². The van der Waals surface area contributed by atoms with Gasteiger partial charge in [-0.3, -0.25) is 9.79 Å². The lowest BCUT2D eigenvalue weighted by Crippen LogP contribution is -2.42. The molecule has 0 fully saturated rings. The summed E-state index contributed by atoms with van der Waals surface area (Å²) in [7, 11) is 3.40. The van der Waals surface area contributed by atoms with Crippen molar-refractivity contribution in [3.8, 4) is 5.75 Å². The van der Waals surface area contributed by atoms with E-state index in [1.807, 2.05) is 0 Å². The maximum atomic E-state index is 12.1. The number of ether oxygens (including phenoxy) is 2. The van der Waals surface area contributed by atoms with Crippen molar-refractivity contribution in [2.45, 2.75) is 39.5 Å². The summed E-state index contributed by atoms with van der Waals surface area (Å²) in [4.78, 5) is 17.7. The number of carbonyl (C=O) groups is 1. The number of halogens is 2. The second kappa shape index (κ2) is 9.19. The van der Waals surface area contributed by atoms with Gasteiger partial charge < -0.3 is 19.7 Å². The van der Waals surface area contributed by atoms with Crippen molar-refractivity contribution in [2.75, 3.05) is 20.6 Å². The molecule has 6 nitrogen and oxygen atoms in total. The average Bonchev–Trinajstić information content (AvgIpc) is 2.47. The van der Waals surface area contributed by atoms with Gasteiger partial charge in [-0.1, -0.05) is 12.1 Å². The van der Waals surface area contributed by atoms with Crippen LogP contribution in [0.5, 0.6) is 5.75 Å². The van der Waals surface area contributed by atoms with Crippen molar-refractivity contribution in [3.63, 3.8) is 0 Å². The van der Waals surface area contributed by atoms with Gasteiger partial charge in [0.1, 0.15) is 17.9 Å². The smallest absolute Gasteiger partial charge is 0.387 e. The Balaban J connectivity index is 2.56. The molecule has 8 heteroatoms. The van der Waals surface area contributed by atoms with Crippen molar-refractivity contribution in [3.05, 3.63) is 29.8 Å². The lowest BCUT2D eigenvalue weighted by molar-refractivity contribution is -0.153. The van der Waals surface area contributed by atoms with Crippen LogP contribution in [-0.2, 0) is 16.1 Å². The molecule has 0 heterocycles. The first-order valence-corrected chi connectivity index (χ1v) is 7.78. The Labute approximate surface area is 146 Å². The predicted octanol–water partition coefficient (Wildman–Crippen LogP) is 2.64. The molecule has 0 saturated carbocycles.